The lowest BCUT2D eigenvalue weighted by molar-refractivity contribution is 0.101. The molecule has 0 bridgehead atoms. The number of alkyl halides is 1. The van der Waals surface area contributed by atoms with Gasteiger partial charge in [-0.05, 0) is 140 Å². The molecule has 2 N–H and O–H groups in total. The van der Waals surface area contributed by atoms with Crippen LogP contribution >= 0.6 is 54.5 Å². The first kappa shape index (κ1) is 63.2. The number of hydrogen-bond acceptors (Lipinski definition) is 19. The molecule has 2 saturated carbocycles. The van der Waals surface area contributed by atoms with E-state index >= 15 is 0 Å². The summed E-state index contributed by atoms with van der Waals surface area (Å²) in [7, 11) is 0. The molecule has 0 saturated heterocycles. The largest absolute Gasteiger partial charge is 0.494 e. The van der Waals surface area contributed by atoms with Crippen LogP contribution in [0.4, 0.5) is 0 Å². The van der Waals surface area contributed by atoms with Crippen molar-refractivity contribution in [3.8, 4) is 52.9 Å². The van der Waals surface area contributed by atoms with Gasteiger partial charge in [0.1, 0.15) is 64.6 Å². The number of rotatable bonds is 15. The fraction of sp³-hybridized carbons (Fsp3) is 0.250. The average molecular weight is 1240 g/mol. The van der Waals surface area contributed by atoms with Gasteiger partial charge in [-0.2, -0.15) is 26.3 Å². The molecule has 0 radical (unpaired) electrons. The maximum atomic E-state index is 11.0. The van der Waals surface area contributed by atoms with Gasteiger partial charge in [-0.1, -0.05) is 48.2 Å². The number of nitrogens with two attached hydrogens (primary N) is 1. The summed E-state index contributed by atoms with van der Waals surface area (Å²) in [4.78, 5) is 54.6. The topological polar surface area (TPSA) is 291 Å². The molecule has 8 aromatic rings. The van der Waals surface area contributed by atoms with Crippen molar-refractivity contribution in [3.05, 3.63) is 193 Å². The van der Waals surface area contributed by atoms with Crippen molar-refractivity contribution in [1.29, 1.82) is 26.3 Å². The highest BCUT2D eigenvalue weighted by Gasteiger charge is 2.22. The molecule has 0 aliphatic heterocycles. The summed E-state index contributed by atoms with van der Waals surface area (Å²) in [5.74, 6) is 2.44. The Kier molecular flexibility index (Phi) is 26.9. The van der Waals surface area contributed by atoms with Crippen LogP contribution in [0.2, 0.25) is 0 Å². The number of aryl methyl sites for hydroxylation is 2. The number of pyridine rings is 6. The molecule has 408 valence electrons. The molecule has 0 atom stereocenters. The lowest BCUT2D eigenvalue weighted by atomic mass is 10.2. The fourth-order valence-electron chi connectivity index (χ4n) is 6.59. The van der Waals surface area contributed by atoms with Gasteiger partial charge in [0.05, 0.1) is 39.0 Å². The van der Waals surface area contributed by atoms with E-state index in [0.29, 0.717) is 58.5 Å². The van der Waals surface area contributed by atoms with Crippen molar-refractivity contribution < 1.29 is 14.3 Å². The Hall–Kier alpha value is -8.59. The Balaban J connectivity index is 0.000000182. The van der Waals surface area contributed by atoms with Crippen molar-refractivity contribution in [2.24, 2.45) is 17.6 Å². The molecule has 0 unspecified atom stereocenters. The molecule has 10 rings (SSSR count). The predicted octanol–water partition coefficient (Wildman–Crippen LogP) is 12.8. The van der Waals surface area contributed by atoms with Crippen molar-refractivity contribution in [2.45, 2.75) is 71.8 Å². The molecule has 2 aliphatic carbocycles. The number of hydrogen-bond donors (Lipinski definition) is 1. The highest BCUT2D eigenvalue weighted by atomic mass is 79.9. The van der Waals surface area contributed by atoms with Gasteiger partial charge in [-0.25, -0.2) is 34.9 Å². The molecule has 81 heavy (non-hydrogen) atoms. The third-order valence-electron chi connectivity index (χ3n) is 11.5. The zero-order valence-corrected chi connectivity index (χ0v) is 49.2. The minimum Gasteiger partial charge on any atom is -0.494 e. The molecule has 2 aliphatic rings. The highest BCUT2D eigenvalue weighted by Crippen LogP contribution is 2.35. The number of carbonyl (C=O) groups is 2. The second-order valence-electron chi connectivity index (χ2n) is 17.6. The van der Waals surface area contributed by atoms with Crippen LogP contribution in [0.15, 0.2) is 132 Å². The van der Waals surface area contributed by atoms with E-state index in [1.807, 2.05) is 55.6 Å². The van der Waals surface area contributed by atoms with Crippen LogP contribution in [-0.2, 0) is 24.1 Å². The lowest BCUT2D eigenvalue weighted by Crippen LogP contribution is -2.00. The maximum absolute atomic E-state index is 11.0. The smallest absolute Gasteiger partial charge is 0.174 e. The van der Waals surface area contributed by atoms with E-state index in [0.717, 1.165) is 62.9 Å². The summed E-state index contributed by atoms with van der Waals surface area (Å²) in [6, 6.07) is 30.4. The molecule has 0 amide bonds. The SMILES string of the molecule is C=C(OCC)c1ccc(C#N)nc1.CC(=O)c1ccc(C#N)nc1.N#Cc1ccc(-c2csc(CCC3CC3)n2)cn1.N#Cc1ccc(Br)cn1.N#Cc1ccc(C(=O)CBr)cn1.NCc1ccc(-c2csc(CCC3CC3)n2)cn1. The maximum Gasteiger partial charge on any atom is 0.174 e. The summed E-state index contributed by atoms with van der Waals surface area (Å²) in [5, 5.41) is 49.2. The van der Waals surface area contributed by atoms with E-state index < -0.39 is 0 Å². The van der Waals surface area contributed by atoms with Crippen LogP contribution in [0, 0.1) is 68.5 Å². The molecule has 8 heterocycles. The van der Waals surface area contributed by atoms with Crippen LogP contribution in [-0.4, -0.2) is 63.4 Å². The monoisotopic (exact) mass is 1240 g/mol. The van der Waals surface area contributed by atoms with Gasteiger partial charge in [0.25, 0.3) is 0 Å². The van der Waals surface area contributed by atoms with Gasteiger partial charge in [0.2, 0.25) is 0 Å². The zero-order valence-electron chi connectivity index (χ0n) is 44.4. The van der Waals surface area contributed by atoms with Gasteiger partial charge < -0.3 is 10.5 Å². The first-order valence-electron chi connectivity index (χ1n) is 25.2. The summed E-state index contributed by atoms with van der Waals surface area (Å²) in [6.07, 6.45) is 20.0. The number of nitrogens with zero attached hydrogens (tertiary/aromatic N) is 13. The molecule has 0 aromatic carbocycles. The van der Waals surface area contributed by atoms with Gasteiger partial charge in [0.15, 0.2) is 11.6 Å². The van der Waals surface area contributed by atoms with Crippen LogP contribution in [0.25, 0.3) is 28.3 Å². The Bertz CT molecular complexity index is 3500. The first-order chi connectivity index (χ1) is 39.3. The molecular weight excluding hydrogens is 1190 g/mol. The molecular formula is C60H54Br2N14O3S2. The fourth-order valence-corrected chi connectivity index (χ4v) is 8.79. The Morgan fingerprint density at radius 2 is 1.02 bits per heavy atom. The number of nitriles is 5. The van der Waals surface area contributed by atoms with Crippen molar-refractivity contribution >= 4 is 71.9 Å². The van der Waals surface area contributed by atoms with E-state index in [-0.39, 0.29) is 16.9 Å². The minimum atomic E-state index is -0.0398. The standard InChI is InChI=1S/C14H17N3S.C14H13N3S.C10H10N2O.C8H5BrN2O.C8H6N2O.C6H3BrN2/c2*15-7-12-5-4-11(8-16-12)13-9-18-14(17-13)6-3-10-1-2-10;1-3-13-8(2)9-4-5-10(6-11)12-7-9;9-3-8(12)6-1-2-7(4-10)11-5-6;1-6(11)7-2-3-8(4-9)10-5-7;7-5-1-2-6(3-8)9-4-5/h4-5,8-10H,1-3,6-7,15H2;4-5,8-10H,1-3,6H2;4-5,7H,2-3H2,1H3;1-2,5H,3H2;2-3,5H,1H3;1-2,4H. The number of Topliss-reactive ketones (excluding diaryl/α,β-unsaturated/α-hetero) is 2. The predicted molar refractivity (Wildman–Crippen MR) is 318 cm³/mol. The van der Waals surface area contributed by atoms with Crippen molar-refractivity contribution in [1.82, 2.24) is 39.9 Å². The lowest BCUT2D eigenvalue weighted by Gasteiger charge is -2.05. The van der Waals surface area contributed by atoms with Gasteiger partial charge in [-0.3, -0.25) is 14.6 Å². The zero-order chi connectivity index (χ0) is 58.4. The van der Waals surface area contributed by atoms with Gasteiger partial charge in [-0.15, -0.1) is 22.7 Å². The van der Waals surface area contributed by atoms with E-state index in [4.69, 9.17) is 36.8 Å². The number of carbonyl (C=O) groups excluding carboxylic acids is 2. The quantitative estimate of drug-likeness (QED) is 0.0567. The third kappa shape index (κ3) is 23.0. The summed E-state index contributed by atoms with van der Waals surface area (Å²) >= 11 is 9.73. The number of aromatic nitrogens is 8. The first-order valence-corrected chi connectivity index (χ1v) is 28.9. The van der Waals surface area contributed by atoms with Crippen LogP contribution in [0.5, 0.6) is 0 Å². The molecule has 8 aromatic heterocycles. The third-order valence-corrected chi connectivity index (χ3v) is 14.3. The molecule has 21 heteroatoms. The molecule has 2 fully saturated rings. The summed E-state index contributed by atoms with van der Waals surface area (Å²) < 4.78 is 6.07. The van der Waals surface area contributed by atoms with E-state index in [9.17, 15) is 9.59 Å². The number of ketones is 2. The number of thiazole rings is 2. The second-order valence-corrected chi connectivity index (χ2v) is 20.9. The van der Waals surface area contributed by atoms with Crippen LogP contribution in [0.1, 0.15) is 123 Å². The number of halogens is 2. The molecule has 17 nitrogen and oxygen atoms in total. The minimum absolute atomic E-state index is 0.0352. The highest BCUT2D eigenvalue weighted by molar-refractivity contribution is 9.10. The van der Waals surface area contributed by atoms with Crippen molar-refractivity contribution in [3.63, 3.8) is 0 Å². The number of ether oxygens (including phenoxy) is 1. The Morgan fingerprint density at radius 3 is 1.37 bits per heavy atom. The van der Waals surface area contributed by atoms with Crippen LogP contribution in [0.3, 0.4) is 0 Å². The summed E-state index contributed by atoms with van der Waals surface area (Å²) in [5.41, 5.74) is 14.3. The Labute approximate surface area is 495 Å². The average Bonchev–Trinajstić information content (AvgIpc) is 4.45. The van der Waals surface area contributed by atoms with Gasteiger partial charge >= 0.3 is 0 Å². The Morgan fingerprint density at radius 1 is 0.605 bits per heavy atom. The second kappa shape index (κ2) is 34.4. The van der Waals surface area contributed by atoms with E-state index in [2.05, 4.69) is 95.1 Å². The van der Waals surface area contributed by atoms with E-state index in [1.165, 1.54) is 80.0 Å². The van der Waals surface area contributed by atoms with Crippen molar-refractivity contribution in [2.75, 3.05) is 11.9 Å². The molecule has 0 spiro atoms. The van der Waals surface area contributed by atoms with Crippen LogP contribution < -0.4 is 5.73 Å². The normalized spacial score (nSPS) is 11.4. The summed E-state index contributed by atoms with van der Waals surface area (Å²) in [6.45, 7) is 8.15. The van der Waals surface area contributed by atoms with Gasteiger partial charge in [0, 0.05) is 86.8 Å². The van der Waals surface area contributed by atoms with E-state index in [1.54, 1.807) is 83.7 Å².